The molecule has 3 rings (SSSR count). The lowest BCUT2D eigenvalue weighted by atomic mass is 9.77. The molecule has 0 saturated heterocycles. The normalized spacial score (nSPS) is 16.9. The van der Waals surface area contributed by atoms with Crippen LogP contribution in [-0.4, -0.2) is 27.3 Å². The van der Waals surface area contributed by atoms with Crippen LogP contribution in [0.25, 0.3) is 11.0 Å². The van der Waals surface area contributed by atoms with E-state index in [1.165, 1.54) is 0 Å². The number of hydrogen-bond donors (Lipinski definition) is 0. The van der Waals surface area contributed by atoms with Crippen LogP contribution < -0.4 is 0 Å². The van der Waals surface area contributed by atoms with Crippen molar-refractivity contribution in [2.45, 2.75) is 38.6 Å². The smallest absolute Gasteiger partial charge is 0.334 e. The van der Waals surface area contributed by atoms with Gasteiger partial charge in [0.05, 0.1) is 12.3 Å². The van der Waals surface area contributed by atoms with Crippen LogP contribution in [-0.2, 0) is 15.1 Å². The van der Waals surface area contributed by atoms with Crippen molar-refractivity contribution < 1.29 is 9.53 Å². The number of nitrogens with zero attached hydrogens (tertiary/aromatic N) is 3. The van der Waals surface area contributed by atoms with Crippen LogP contribution in [0.3, 0.4) is 0 Å². The highest BCUT2D eigenvalue weighted by molar-refractivity contribution is 9.10. The number of fused-ring (bicyclic) bond motifs is 1. The van der Waals surface area contributed by atoms with Crippen LogP contribution >= 0.6 is 15.9 Å². The molecule has 0 amide bonds. The molecule has 1 aliphatic carbocycles. The highest BCUT2D eigenvalue weighted by Gasteiger charge is 2.49. The van der Waals surface area contributed by atoms with Gasteiger partial charge in [0, 0.05) is 5.39 Å². The van der Waals surface area contributed by atoms with Crippen LogP contribution in [0.5, 0.6) is 0 Å². The second-order valence-corrected chi connectivity index (χ2v) is 5.92. The molecule has 2 heterocycles. The summed E-state index contributed by atoms with van der Waals surface area (Å²) in [6.07, 6.45) is 2.53. The van der Waals surface area contributed by atoms with E-state index in [9.17, 15) is 4.79 Å². The number of carbonyl (C=O) groups is 1. The van der Waals surface area contributed by atoms with Crippen molar-refractivity contribution in [3.05, 3.63) is 22.4 Å². The Hall–Kier alpha value is -1.43. The molecule has 1 saturated carbocycles. The first-order valence-electron chi connectivity index (χ1n) is 6.78. The van der Waals surface area contributed by atoms with E-state index >= 15 is 0 Å². The number of ether oxygens (including phenoxy) is 1. The molecular weight excluding hydrogens is 322 g/mol. The maximum Gasteiger partial charge on any atom is 0.334 e. The first-order valence-corrected chi connectivity index (χ1v) is 7.57. The zero-order valence-electron chi connectivity index (χ0n) is 11.5. The molecule has 0 aromatic carbocycles. The summed E-state index contributed by atoms with van der Waals surface area (Å²) in [5.41, 5.74) is 0.955. The van der Waals surface area contributed by atoms with Gasteiger partial charge in [0.2, 0.25) is 0 Å². The number of hydrogen-bond acceptors (Lipinski definition) is 4. The molecule has 0 spiro atoms. The number of pyridine rings is 1. The lowest BCUT2D eigenvalue weighted by molar-refractivity contribution is -0.159. The number of esters is 1. The third kappa shape index (κ3) is 1.85. The molecule has 106 valence electrons. The van der Waals surface area contributed by atoms with Crippen molar-refractivity contribution in [2.75, 3.05) is 6.61 Å². The fraction of sp³-hybridized carbons (Fsp3) is 0.500. The van der Waals surface area contributed by atoms with Crippen molar-refractivity contribution in [2.24, 2.45) is 0 Å². The molecule has 0 bridgehead atoms. The predicted octanol–water partition coefficient (Wildman–Crippen LogP) is 2.94. The van der Waals surface area contributed by atoms with Gasteiger partial charge in [-0.05, 0) is 61.2 Å². The van der Waals surface area contributed by atoms with E-state index in [0.717, 1.165) is 40.6 Å². The van der Waals surface area contributed by atoms with Crippen molar-refractivity contribution in [3.8, 4) is 0 Å². The Morgan fingerprint density at radius 3 is 2.85 bits per heavy atom. The fourth-order valence-corrected chi connectivity index (χ4v) is 3.00. The van der Waals surface area contributed by atoms with Crippen molar-refractivity contribution in [3.63, 3.8) is 0 Å². The lowest BCUT2D eigenvalue weighted by Gasteiger charge is -2.39. The van der Waals surface area contributed by atoms with Crippen molar-refractivity contribution >= 4 is 32.9 Å². The molecule has 6 heteroatoms. The summed E-state index contributed by atoms with van der Waals surface area (Å²) >= 11 is 3.38. The molecule has 5 nitrogen and oxygen atoms in total. The van der Waals surface area contributed by atoms with Gasteiger partial charge in [-0.25, -0.2) is 14.5 Å². The first kappa shape index (κ1) is 13.5. The van der Waals surface area contributed by atoms with E-state index in [1.807, 2.05) is 26.0 Å². The largest absolute Gasteiger partial charge is 0.464 e. The van der Waals surface area contributed by atoms with Crippen molar-refractivity contribution in [1.82, 2.24) is 14.8 Å². The minimum Gasteiger partial charge on any atom is -0.464 e. The summed E-state index contributed by atoms with van der Waals surface area (Å²) in [4.78, 5) is 16.9. The van der Waals surface area contributed by atoms with Crippen LogP contribution in [0, 0.1) is 6.92 Å². The average Bonchev–Trinajstić information content (AvgIpc) is 2.66. The SMILES string of the molecule is CCOC(=O)C1(n2nc(C)c3ccc(Br)nc32)CCC1. The zero-order valence-corrected chi connectivity index (χ0v) is 13.1. The summed E-state index contributed by atoms with van der Waals surface area (Å²) in [5, 5.41) is 5.54. The number of carbonyl (C=O) groups excluding carboxylic acids is 1. The van der Waals surface area contributed by atoms with E-state index in [4.69, 9.17) is 4.74 Å². The molecule has 0 unspecified atom stereocenters. The highest BCUT2D eigenvalue weighted by atomic mass is 79.9. The highest BCUT2D eigenvalue weighted by Crippen LogP contribution is 2.42. The Balaban J connectivity index is 2.17. The minimum absolute atomic E-state index is 0.197. The summed E-state index contributed by atoms with van der Waals surface area (Å²) in [6.45, 7) is 4.15. The molecule has 1 fully saturated rings. The van der Waals surface area contributed by atoms with Gasteiger partial charge in [-0.1, -0.05) is 0 Å². The standard InChI is InChI=1S/C14H16BrN3O2/c1-3-20-13(19)14(7-4-8-14)18-12-10(9(2)17-18)5-6-11(15)16-12/h5-6H,3-4,7-8H2,1-2H3. The molecule has 0 N–H and O–H groups in total. The summed E-state index contributed by atoms with van der Waals surface area (Å²) in [5.74, 6) is -0.197. The third-order valence-corrected chi connectivity index (χ3v) is 4.36. The molecule has 2 aromatic heterocycles. The Kier molecular flexibility index (Phi) is 3.28. The molecule has 20 heavy (non-hydrogen) atoms. The van der Waals surface area contributed by atoms with Gasteiger partial charge in [0.1, 0.15) is 4.60 Å². The number of aryl methyl sites for hydroxylation is 1. The third-order valence-electron chi connectivity index (χ3n) is 3.92. The van der Waals surface area contributed by atoms with E-state index in [1.54, 1.807) is 4.68 Å². The van der Waals surface area contributed by atoms with Crippen LogP contribution in [0.1, 0.15) is 31.9 Å². The van der Waals surface area contributed by atoms with Gasteiger partial charge in [0.15, 0.2) is 11.2 Å². The van der Waals surface area contributed by atoms with Gasteiger partial charge in [-0.3, -0.25) is 0 Å². The molecular formula is C14H16BrN3O2. The van der Waals surface area contributed by atoms with Crippen LogP contribution in [0.15, 0.2) is 16.7 Å². The fourth-order valence-electron chi connectivity index (χ4n) is 2.70. The van der Waals surface area contributed by atoms with Gasteiger partial charge in [-0.15, -0.1) is 0 Å². The monoisotopic (exact) mass is 337 g/mol. The molecule has 0 aliphatic heterocycles. The van der Waals surface area contributed by atoms with Crippen molar-refractivity contribution in [1.29, 1.82) is 0 Å². The van der Waals surface area contributed by atoms with Gasteiger partial charge in [-0.2, -0.15) is 5.10 Å². The van der Waals surface area contributed by atoms with E-state index in [2.05, 4.69) is 26.0 Å². The topological polar surface area (TPSA) is 57.0 Å². The lowest BCUT2D eigenvalue weighted by Crippen LogP contribution is -2.49. The maximum absolute atomic E-state index is 12.4. The zero-order chi connectivity index (χ0) is 14.3. The Bertz CT molecular complexity index is 676. The Morgan fingerprint density at radius 1 is 1.50 bits per heavy atom. The maximum atomic E-state index is 12.4. The van der Waals surface area contributed by atoms with Gasteiger partial charge in [0.25, 0.3) is 0 Å². The second kappa shape index (κ2) is 4.84. The summed E-state index contributed by atoms with van der Waals surface area (Å²) < 4.78 is 7.76. The van der Waals surface area contributed by atoms with E-state index in [0.29, 0.717) is 6.61 Å². The molecule has 2 aromatic rings. The van der Waals surface area contributed by atoms with Gasteiger partial charge < -0.3 is 4.74 Å². The minimum atomic E-state index is -0.670. The summed E-state index contributed by atoms with van der Waals surface area (Å²) in [6, 6.07) is 3.86. The molecule has 0 atom stereocenters. The molecule has 0 radical (unpaired) electrons. The predicted molar refractivity (Wildman–Crippen MR) is 78.4 cm³/mol. The van der Waals surface area contributed by atoms with E-state index < -0.39 is 5.54 Å². The number of halogens is 1. The second-order valence-electron chi connectivity index (χ2n) is 5.11. The molecule has 1 aliphatic rings. The quantitative estimate of drug-likeness (QED) is 0.638. The van der Waals surface area contributed by atoms with Crippen LogP contribution in [0.4, 0.5) is 0 Å². The number of aromatic nitrogens is 3. The Morgan fingerprint density at radius 2 is 2.25 bits per heavy atom. The van der Waals surface area contributed by atoms with E-state index in [-0.39, 0.29) is 5.97 Å². The number of rotatable bonds is 3. The first-order chi connectivity index (χ1) is 9.58. The average molecular weight is 338 g/mol. The summed E-state index contributed by atoms with van der Waals surface area (Å²) in [7, 11) is 0. The van der Waals surface area contributed by atoms with Crippen LogP contribution in [0.2, 0.25) is 0 Å². The Labute approximate surface area is 125 Å². The van der Waals surface area contributed by atoms with Gasteiger partial charge >= 0.3 is 5.97 Å².